The number of nitrogens with two attached hydrogens (primary N) is 1. The van der Waals surface area contributed by atoms with Crippen molar-refractivity contribution in [3.8, 4) is 5.75 Å². The van der Waals surface area contributed by atoms with Gasteiger partial charge in [-0.05, 0) is 24.8 Å². The Morgan fingerprint density at radius 2 is 2.24 bits per heavy atom. The molecule has 0 saturated carbocycles. The molecular formula is C15H22Cl2N2O2. The molecule has 0 aromatic heterocycles. The fourth-order valence-electron chi connectivity index (χ4n) is 2.66. The molecule has 1 aromatic carbocycles. The molecule has 4 nitrogen and oxygen atoms in total. The summed E-state index contributed by atoms with van der Waals surface area (Å²) in [6, 6.07) is 3.21. The van der Waals surface area contributed by atoms with Gasteiger partial charge < -0.3 is 15.4 Å². The van der Waals surface area contributed by atoms with E-state index in [0.29, 0.717) is 27.9 Å². The highest BCUT2D eigenvalue weighted by molar-refractivity contribution is 6.33. The van der Waals surface area contributed by atoms with Gasteiger partial charge in [0.05, 0.1) is 23.4 Å². The first-order valence-corrected chi connectivity index (χ1v) is 7.36. The Labute approximate surface area is 137 Å². The summed E-state index contributed by atoms with van der Waals surface area (Å²) in [5, 5.41) is 0.387. The predicted molar refractivity (Wildman–Crippen MR) is 88.6 cm³/mol. The van der Waals surface area contributed by atoms with E-state index >= 15 is 0 Å². The van der Waals surface area contributed by atoms with E-state index in [0.717, 1.165) is 25.9 Å². The van der Waals surface area contributed by atoms with E-state index in [1.165, 1.54) is 13.5 Å². The minimum absolute atomic E-state index is 0. The number of hydrogen-bond donors (Lipinski definition) is 1. The molecule has 2 rings (SSSR count). The Hall–Kier alpha value is -1.13. The number of carbonyl (C=O) groups is 1. The number of benzene rings is 1. The van der Waals surface area contributed by atoms with E-state index in [9.17, 15) is 4.79 Å². The summed E-state index contributed by atoms with van der Waals surface area (Å²) < 4.78 is 5.26. The molecule has 1 atom stereocenters. The highest BCUT2D eigenvalue weighted by Gasteiger charge is 2.26. The van der Waals surface area contributed by atoms with Crippen LogP contribution in [0.15, 0.2) is 12.1 Å². The molecule has 0 bridgehead atoms. The normalized spacial score (nSPS) is 18.0. The van der Waals surface area contributed by atoms with Crippen molar-refractivity contribution in [2.45, 2.75) is 26.2 Å². The highest BCUT2D eigenvalue weighted by Crippen LogP contribution is 2.31. The maximum absolute atomic E-state index is 12.7. The van der Waals surface area contributed by atoms with Crippen LogP contribution in [0, 0.1) is 5.92 Å². The van der Waals surface area contributed by atoms with Crippen LogP contribution in [0.4, 0.5) is 5.69 Å². The Morgan fingerprint density at radius 1 is 1.52 bits per heavy atom. The maximum Gasteiger partial charge on any atom is 0.257 e. The van der Waals surface area contributed by atoms with Crippen LogP contribution in [0.25, 0.3) is 0 Å². The molecule has 0 aliphatic carbocycles. The van der Waals surface area contributed by atoms with Crippen LogP contribution in [-0.4, -0.2) is 31.0 Å². The van der Waals surface area contributed by atoms with Crippen LogP contribution in [0.3, 0.4) is 0 Å². The van der Waals surface area contributed by atoms with E-state index in [2.05, 4.69) is 6.92 Å². The maximum atomic E-state index is 12.7. The van der Waals surface area contributed by atoms with Crippen LogP contribution < -0.4 is 10.5 Å². The first kappa shape index (κ1) is 17.9. The van der Waals surface area contributed by atoms with Crippen molar-refractivity contribution in [1.82, 2.24) is 4.90 Å². The average molecular weight is 333 g/mol. The van der Waals surface area contributed by atoms with Crippen molar-refractivity contribution in [3.63, 3.8) is 0 Å². The molecule has 1 aliphatic rings. The number of nitrogens with zero attached hydrogens (tertiary/aromatic N) is 1. The lowest BCUT2D eigenvalue weighted by Crippen LogP contribution is -2.39. The van der Waals surface area contributed by atoms with Gasteiger partial charge in [0.15, 0.2) is 0 Å². The van der Waals surface area contributed by atoms with Crippen molar-refractivity contribution >= 4 is 35.6 Å². The van der Waals surface area contributed by atoms with Crippen LogP contribution in [0.2, 0.25) is 5.02 Å². The SMILES string of the molecule is CCC1CCCN(C(=O)c2cc(Cl)c(N)cc2OC)C1.Cl. The minimum Gasteiger partial charge on any atom is -0.496 e. The Kier molecular flexibility index (Phi) is 6.62. The topological polar surface area (TPSA) is 55.6 Å². The number of carbonyl (C=O) groups excluding carboxylic acids is 1. The molecular weight excluding hydrogens is 311 g/mol. The van der Waals surface area contributed by atoms with Gasteiger partial charge in [0.25, 0.3) is 5.91 Å². The molecule has 1 aliphatic heterocycles. The predicted octanol–water partition coefficient (Wildman–Crippen LogP) is 3.61. The quantitative estimate of drug-likeness (QED) is 0.860. The van der Waals surface area contributed by atoms with Gasteiger partial charge in [0.2, 0.25) is 0 Å². The molecule has 118 valence electrons. The summed E-state index contributed by atoms with van der Waals surface area (Å²) in [4.78, 5) is 14.5. The molecule has 1 saturated heterocycles. The summed E-state index contributed by atoms with van der Waals surface area (Å²) >= 11 is 6.03. The molecule has 1 fully saturated rings. The van der Waals surface area contributed by atoms with Crippen LogP contribution >= 0.6 is 24.0 Å². The molecule has 1 unspecified atom stereocenters. The van der Waals surface area contributed by atoms with Gasteiger partial charge in [0.1, 0.15) is 5.75 Å². The Morgan fingerprint density at radius 3 is 2.86 bits per heavy atom. The fraction of sp³-hybridized carbons (Fsp3) is 0.533. The first-order chi connectivity index (χ1) is 9.56. The number of methoxy groups -OCH3 is 1. The number of halogens is 2. The highest BCUT2D eigenvalue weighted by atomic mass is 35.5. The number of anilines is 1. The van der Waals surface area contributed by atoms with Crippen molar-refractivity contribution in [2.75, 3.05) is 25.9 Å². The van der Waals surface area contributed by atoms with Gasteiger partial charge in [-0.3, -0.25) is 4.79 Å². The summed E-state index contributed by atoms with van der Waals surface area (Å²) in [5.74, 6) is 1.04. The van der Waals surface area contributed by atoms with Gasteiger partial charge in [-0.15, -0.1) is 12.4 Å². The van der Waals surface area contributed by atoms with Crippen molar-refractivity contribution < 1.29 is 9.53 Å². The van der Waals surface area contributed by atoms with Crippen LogP contribution in [0.1, 0.15) is 36.5 Å². The smallest absolute Gasteiger partial charge is 0.257 e. The van der Waals surface area contributed by atoms with E-state index in [1.54, 1.807) is 12.1 Å². The number of ether oxygens (including phenoxy) is 1. The molecule has 0 radical (unpaired) electrons. The van der Waals surface area contributed by atoms with E-state index in [-0.39, 0.29) is 18.3 Å². The molecule has 21 heavy (non-hydrogen) atoms. The summed E-state index contributed by atoms with van der Waals surface area (Å²) in [6.07, 6.45) is 3.35. The zero-order valence-electron chi connectivity index (χ0n) is 12.4. The lowest BCUT2D eigenvalue weighted by molar-refractivity contribution is 0.0668. The van der Waals surface area contributed by atoms with Gasteiger partial charge in [-0.1, -0.05) is 24.9 Å². The summed E-state index contributed by atoms with van der Waals surface area (Å²) in [5.41, 5.74) is 6.66. The third-order valence-corrected chi connectivity index (χ3v) is 4.26. The second kappa shape index (κ2) is 7.76. The molecule has 2 N–H and O–H groups in total. The monoisotopic (exact) mass is 332 g/mol. The van der Waals surface area contributed by atoms with Crippen LogP contribution in [0.5, 0.6) is 5.75 Å². The minimum atomic E-state index is -0.0260. The third kappa shape index (κ3) is 3.95. The number of piperidine rings is 1. The molecule has 1 heterocycles. The molecule has 6 heteroatoms. The second-order valence-corrected chi connectivity index (χ2v) is 5.65. The fourth-order valence-corrected chi connectivity index (χ4v) is 2.82. The average Bonchev–Trinajstić information content (AvgIpc) is 2.48. The van der Waals surface area contributed by atoms with Crippen LogP contribution in [-0.2, 0) is 0 Å². The number of rotatable bonds is 3. The Balaban J connectivity index is 0.00000220. The lowest BCUT2D eigenvalue weighted by Gasteiger charge is -2.32. The molecule has 0 spiro atoms. The third-order valence-electron chi connectivity index (χ3n) is 3.93. The summed E-state index contributed by atoms with van der Waals surface area (Å²) in [7, 11) is 1.53. The van der Waals surface area contributed by atoms with Gasteiger partial charge in [-0.2, -0.15) is 0 Å². The zero-order valence-corrected chi connectivity index (χ0v) is 14.0. The van der Waals surface area contributed by atoms with Crippen molar-refractivity contribution in [2.24, 2.45) is 5.92 Å². The standard InChI is InChI=1S/C15H21ClN2O2.ClH/c1-3-10-5-4-6-18(9-10)15(19)11-7-12(16)13(17)8-14(11)20-2;/h7-8,10H,3-6,9,17H2,1-2H3;1H. The lowest BCUT2D eigenvalue weighted by atomic mass is 9.95. The largest absolute Gasteiger partial charge is 0.496 e. The number of likely N-dealkylation sites (tertiary alicyclic amines) is 1. The zero-order chi connectivity index (χ0) is 14.7. The van der Waals surface area contributed by atoms with Gasteiger partial charge in [0, 0.05) is 19.2 Å². The van der Waals surface area contributed by atoms with Gasteiger partial charge in [-0.25, -0.2) is 0 Å². The van der Waals surface area contributed by atoms with E-state index in [1.807, 2.05) is 4.90 Å². The molecule has 1 aromatic rings. The second-order valence-electron chi connectivity index (χ2n) is 5.24. The number of amides is 1. The Bertz CT molecular complexity index is 509. The number of nitrogen functional groups attached to an aromatic ring is 1. The van der Waals surface area contributed by atoms with Crippen molar-refractivity contribution in [1.29, 1.82) is 0 Å². The van der Waals surface area contributed by atoms with Gasteiger partial charge >= 0.3 is 0 Å². The van der Waals surface area contributed by atoms with E-state index < -0.39 is 0 Å². The molecule has 1 amide bonds. The van der Waals surface area contributed by atoms with E-state index in [4.69, 9.17) is 22.1 Å². The van der Waals surface area contributed by atoms with Crippen molar-refractivity contribution in [3.05, 3.63) is 22.7 Å². The first-order valence-electron chi connectivity index (χ1n) is 6.99. The summed E-state index contributed by atoms with van der Waals surface area (Å²) in [6.45, 7) is 3.76. The number of hydrogen-bond acceptors (Lipinski definition) is 3.